The van der Waals surface area contributed by atoms with Crippen molar-refractivity contribution in [3.63, 3.8) is 0 Å². The summed E-state index contributed by atoms with van der Waals surface area (Å²) in [6.07, 6.45) is -3.09. The van der Waals surface area contributed by atoms with E-state index in [2.05, 4.69) is 10.3 Å². The lowest BCUT2D eigenvalue weighted by Gasteiger charge is -2.19. The van der Waals surface area contributed by atoms with Crippen LogP contribution in [0.15, 0.2) is 29.4 Å². The summed E-state index contributed by atoms with van der Waals surface area (Å²) >= 11 is 6.03. The van der Waals surface area contributed by atoms with Crippen LogP contribution in [0, 0.1) is 11.3 Å². The smallest absolute Gasteiger partial charge is 0.344 e. The van der Waals surface area contributed by atoms with Crippen molar-refractivity contribution in [2.75, 3.05) is 5.32 Å². The minimum absolute atomic E-state index is 0.0333. The predicted octanol–water partition coefficient (Wildman–Crippen LogP) is 2.82. The first-order chi connectivity index (χ1) is 13.4. The Morgan fingerprint density at radius 1 is 1.45 bits per heavy atom. The van der Waals surface area contributed by atoms with Crippen LogP contribution < -0.4 is 10.0 Å². The lowest BCUT2D eigenvalue weighted by Crippen LogP contribution is -2.44. The summed E-state index contributed by atoms with van der Waals surface area (Å²) in [4.78, 5) is 15.6. The number of pyridine rings is 1. The Kier molecular flexibility index (Phi) is 6.56. The van der Waals surface area contributed by atoms with Gasteiger partial charge in [-0.3, -0.25) is 4.79 Å². The van der Waals surface area contributed by atoms with Crippen LogP contribution in [0.5, 0.6) is 0 Å². The van der Waals surface area contributed by atoms with Crippen molar-refractivity contribution in [1.29, 1.82) is 5.26 Å². The third-order valence-corrected chi connectivity index (χ3v) is 5.80. The molecule has 0 saturated heterocycles. The van der Waals surface area contributed by atoms with Gasteiger partial charge in [0.05, 0.1) is 5.02 Å². The van der Waals surface area contributed by atoms with Crippen LogP contribution in [0.2, 0.25) is 5.02 Å². The quantitative estimate of drug-likeness (QED) is 0.703. The van der Waals surface area contributed by atoms with Gasteiger partial charge in [0.15, 0.2) is 0 Å². The van der Waals surface area contributed by atoms with Gasteiger partial charge in [-0.25, -0.2) is 13.4 Å². The Morgan fingerprint density at radius 2 is 2.10 bits per heavy atom. The summed E-state index contributed by atoms with van der Waals surface area (Å²) in [5.74, 6) is -0.822. The van der Waals surface area contributed by atoms with E-state index in [1.165, 1.54) is 32.3 Å². The summed E-state index contributed by atoms with van der Waals surface area (Å²) < 4.78 is 66.2. The number of nitriles is 1. The maximum Gasteiger partial charge on any atom is 0.404 e. The van der Waals surface area contributed by atoms with Gasteiger partial charge in [-0.05, 0) is 18.6 Å². The molecule has 0 radical (unpaired) electrons. The zero-order valence-corrected chi connectivity index (χ0v) is 16.7. The number of aryl methyl sites for hydroxylation is 1. The molecule has 1 atom stereocenters. The van der Waals surface area contributed by atoms with Gasteiger partial charge in [-0.2, -0.15) is 23.2 Å². The first kappa shape index (κ1) is 22.7. The lowest BCUT2D eigenvalue weighted by molar-refractivity contribution is -0.151. The number of carbonyl (C=O) groups is 1. The second kappa shape index (κ2) is 8.40. The molecule has 0 spiro atoms. The topological polar surface area (TPSA) is 117 Å². The number of amides is 1. The number of hydrogen-bond donors (Lipinski definition) is 2. The maximum absolute atomic E-state index is 12.9. The second-order valence-electron chi connectivity index (χ2n) is 5.89. The average Bonchev–Trinajstić information content (AvgIpc) is 2.94. The molecule has 2 rings (SSSR count). The fourth-order valence-electron chi connectivity index (χ4n) is 2.41. The van der Waals surface area contributed by atoms with Crippen LogP contribution in [0.3, 0.4) is 0 Å². The van der Waals surface area contributed by atoms with E-state index < -0.39 is 44.5 Å². The van der Waals surface area contributed by atoms with Crippen molar-refractivity contribution < 1.29 is 26.4 Å². The van der Waals surface area contributed by atoms with Gasteiger partial charge in [0.1, 0.15) is 28.4 Å². The van der Waals surface area contributed by atoms with Crippen molar-refractivity contribution in [2.24, 2.45) is 7.05 Å². The third kappa shape index (κ3) is 5.06. The molecule has 2 N–H and O–H groups in total. The average molecular weight is 450 g/mol. The van der Waals surface area contributed by atoms with Crippen LogP contribution in [0.1, 0.15) is 29.5 Å². The van der Waals surface area contributed by atoms with E-state index in [1.54, 1.807) is 10.8 Å². The standard InChI is InChI=1S/C16H15ClF3N5O3S/c1-3-12(16(18,19)20)24-29(27,28)11-8-25(2)14(13(11)17)15(26)23-9-4-5-22-10(6-9)7-21/h4-6,8,12,24H,3H2,1-2H3,(H,22,23,26). The van der Waals surface area contributed by atoms with E-state index >= 15 is 0 Å². The first-order valence-electron chi connectivity index (χ1n) is 8.02. The molecule has 1 amide bonds. The Hall–Kier alpha value is -2.62. The predicted molar refractivity (Wildman–Crippen MR) is 97.8 cm³/mol. The number of nitrogens with zero attached hydrogens (tertiary/aromatic N) is 3. The molecule has 13 heteroatoms. The van der Waals surface area contributed by atoms with E-state index in [4.69, 9.17) is 16.9 Å². The molecule has 0 aliphatic heterocycles. The molecule has 0 aromatic carbocycles. The molecule has 29 heavy (non-hydrogen) atoms. The fourth-order valence-corrected chi connectivity index (χ4v) is 4.41. The summed E-state index contributed by atoms with van der Waals surface area (Å²) in [6.45, 7) is 1.18. The molecule has 0 bridgehead atoms. The van der Waals surface area contributed by atoms with Gasteiger partial charge in [0, 0.05) is 25.1 Å². The normalized spacial score (nSPS) is 13.0. The van der Waals surface area contributed by atoms with Crippen molar-refractivity contribution in [3.8, 4) is 6.07 Å². The molecule has 156 valence electrons. The molecule has 0 aliphatic carbocycles. The van der Waals surface area contributed by atoms with Crippen molar-refractivity contribution in [2.45, 2.75) is 30.5 Å². The Morgan fingerprint density at radius 3 is 2.66 bits per heavy atom. The minimum Gasteiger partial charge on any atom is -0.344 e. The van der Waals surface area contributed by atoms with Crippen LogP contribution in [-0.2, 0) is 17.1 Å². The Labute approximate surface area is 169 Å². The SMILES string of the molecule is CCC(NS(=O)(=O)c1cn(C)c(C(=O)Nc2ccnc(C#N)c2)c1Cl)C(F)(F)F. The maximum atomic E-state index is 12.9. The molecular weight excluding hydrogens is 435 g/mol. The summed E-state index contributed by atoms with van der Waals surface area (Å²) in [7, 11) is -3.35. The van der Waals surface area contributed by atoms with E-state index in [1.807, 2.05) is 0 Å². The van der Waals surface area contributed by atoms with Crippen LogP contribution in [-0.4, -0.2) is 36.1 Å². The molecule has 0 fully saturated rings. The number of nitrogens with one attached hydrogen (secondary N) is 2. The lowest BCUT2D eigenvalue weighted by atomic mass is 10.2. The van der Waals surface area contributed by atoms with Gasteiger partial charge in [0.2, 0.25) is 10.0 Å². The number of carbonyl (C=O) groups excluding carboxylic acids is 1. The highest BCUT2D eigenvalue weighted by atomic mass is 35.5. The number of sulfonamides is 1. The Balaban J connectivity index is 2.36. The van der Waals surface area contributed by atoms with Gasteiger partial charge >= 0.3 is 6.18 Å². The summed E-state index contributed by atoms with van der Waals surface area (Å²) in [5, 5.41) is 10.7. The van der Waals surface area contributed by atoms with Crippen LogP contribution in [0.4, 0.5) is 18.9 Å². The third-order valence-electron chi connectivity index (χ3n) is 3.83. The van der Waals surface area contributed by atoms with Crippen molar-refractivity contribution >= 4 is 33.2 Å². The summed E-state index contributed by atoms with van der Waals surface area (Å²) in [6, 6.07) is 2.16. The molecule has 8 nitrogen and oxygen atoms in total. The zero-order chi connectivity index (χ0) is 22.0. The molecule has 0 saturated carbocycles. The van der Waals surface area contributed by atoms with Gasteiger partial charge in [-0.1, -0.05) is 18.5 Å². The second-order valence-corrected chi connectivity index (χ2v) is 7.95. The summed E-state index contributed by atoms with van der Waals surface area (Å²) in [5.41, 5.74) is -0.0575. The number of aromatic nitrogens is 2. The van der Waals surface area contributed by atoms with E-state index in [-0.39, 0.29) is 17.1 Å². The monoisotopic (exact) mass is 449 g/mol. The van der Waals surface area contributed by atoms with Crippen LogP contribution in [0.25, 0.3) is 0 Å². The highest BCUT2D eigenvalue weighted by Gasteiger charge is 2.42. The zero-order valence-electron chi connectivity index (χ0n) is 15.1. The molecule has 0 aliphatic rings. The molecule has 2 aromatic heterocycles. The molecular formula is C16H15ClF3N5O3S. The number of rotatable bonds is 6. The minimum atomic E-state index is -4.79. The van der Waals surface area contributed by atoms with Gasteiger partial charge < -0.3 is 9.88 Å². The van der Waals surface area contributed by atoms with Crippen molar-refractivity contribution in [3.05, 3.63) is 40.9 Å². The Bertz CT molecular complexity index is 1080. The van der Waals surface area contributed by atoms with Gasteiger partial charge in [-0.15, -0.1) is 0 Å². The number of alkyl halides is 3. The number of halogens is 4. The van der Waals surface area contributed by atoms with E-state index in [0.29, 0.717) is 0 Å². The van der Waals surface area contributed by atoms with Gasteiger partial charge in [0.25, 0.3) is 5.91 Å². The fraction of sp³-hybridized carbons (Fsp3) is 0.312. The number of hydrogen-bond acceptors (Lipinski definition) is 5. The van der Waals surface area contributed by atoms with Crippen LogP contribution >= 0.6 is 11.6 Å². The molecule has 2 heterocycles. The molecule has 2 aromatic rings. The number of anilines is 1. The highest BCUT2D eigenvalue weighted by molar-refractivity contribution is 7.89. The van der Waals surface area contributed by atoms with E-state index in [9.17, 15) is 26.4 Å². The van der Waals surface area contributed by atoms with E-state index in [0.717, 1.165) is 10.8 Å². The highest BCUT2D eigenvalue weighted by Crippen LogP contribution is 2.30. The largest absolute Gasteiger partial charge is 0.404 e. The first-order valence-corrected chi connectivity index (χ1v) is 9.88. The molecule has 1 unspecified atom stereocenters. The van der Waals surface area contributed by atoms with Crippen molar-refractivity contribution in [1.82, 2.24) is 14.3 Å².